The molecule has 0 spiro atoms. The minimum absolute atomic E-state index is 0.468. The lowest BCUT2D eigenvalue weighted by Gasteiger charge is -2.31. The summed E-state index contributed by atoms with van der Waals surface area (Å²) < 4.78 is 11.6. The summed E-state index contributed by atoms with van der Waals surface area (Å²) in [5.41, 5.74) is 6.41. The quantitative estimate of drug-likeness (QED) is 0.876. The van der Waals surface area contributed by atoms with Crippen LogP contribution < -0.4 is 15.2 Å². The van der Waals surface area contributed by atoms with Gasteiger partial charge >= 0.3 is 0 Å². The maximum absolute atomic E-state index is 6.25. The Morgan fingerprint density at radius 1 is 0.950 bits per heavy atom. The summed E-state index contributed by atoms with van der Waals surface area (Å²) in [4.78, 5) is 0. The molecule has 3 heteroatoms. The van der Waals surface area contributed by atoms with E-state index in [4.69, 9.17) is 15.2 Å². The van der Waals surface area contributed by atoms with E-state index < -0.39 is 5.60 Å². The van der Waals surface area contributed by atoms with Gasteiger partial charge in [0.25, 0.3) is 0 Å². The van der Waals surface area contributed by atoms with Gasteiger partial charge < -0.3 is 15.2 Å². The van der Waals surface area contributed by atoms with Crippen LogP contribution in [0.1, 0.15) is 18.9 Å². The minimum Gasteiger partial charge on any atom is -0.493 e. The number of hydrogen-bond donors (Lipinski definition) is 1. The molecule has 20 heavy (non-hydrogen) atoms. The van der Waals surface area contributed by atoms with E-state index in [-0.39, 0.29) is 0 Å². The molecular weight excluding hydrogens is 250 g/mol. The molecule has 0 radical (unpaired) electrons. The fourth-order valence-corrected chi connectivity index (χ4v) is 2.27. The van der Waals surface area contributed by atoms with Gasteiger partial charge in [-0.15, -0.1) is 0 Å². The Kier molecular flexibility index (Phi) is 4.64. The molecule has 0 aliphatic rings. The van der Waals surface area contributed by atoms with E-state index in [1.165, 1.54) is 0 Å². The van der Waals surface area contributed by atoms with Gasteiger partial charge in [-0.25, -0.2) is 0 Å². The number of methoxy groups -OCH3 is 1. The lowest BCUT2D eigenvalue weighted by molar-refractivity contribution is 0.0760. The van der Waals surface area contributed by atoms with Crippen molar-refractivity contribution in [2.24, 2.45) is 5.73 Å². The molecule has 0 saturated heterocycles. The highest BCUT2D eigenvalue weighted by Crippen LogP contribution is 2.35. The lowest BCUT2D eigenvalue weighted by Crippen LogP contribution is -2.32. The highest BCUT2D eigenvalue weighted by atomic mass is 16.5. The van der Waals surface area contributed by atoms with Crippen molar-refractivity contribution in [1.29, 1.82) is 0 Å². The molecule has 2 rings (SSSR count). The van der Waals surface area contributed by atoms with Crippen molar-refractivity contribution in [2.45, 2.75) is 18.9 Å². The molecule has 2 N–H and O–H groups in total. The van der Waals surface area contributed by atoms with E-state index >= 15 is 0 Å². The van der Waals surface area contributed by atoms with Crippen molar-refractivity contribution in [2.75, 3.05) is 13.7 Å². The number of nitrogens with two attached hydrogens (primary N) is 1. The van der Waals surface area contributed by atoms with Crippen molar-refractivity contribution in [3.63, 3.8) is 0 Å². The Morgan fingerprint density at radius 2 is 1.55 bits per heavy atom. The molecule has 1 atom stereocenters. The standard InChI is InChI=1S/C17H21NO2/c1-17(12-13-18,14-8-4-3-5-9-14)20-16-11-7-6-10-15(16)19-2/h3-11H,12-13,18H2,1-2H3. The van der Waals surface area contributed by atoms with Crippen LogP contribution in [0.25, 0.3) is 0 Å². The maximum Gasteiger partial charge on any atom is 0.162 e. The third-order valence-electron chi connectivity index (χ3n) is 3.41. The second-order valence-corrected chi connectivity index (χ2v) is 4.89. The predicted molar refractivity (Wildman–Crippen MR) is 81.1 cm³/mol. The summed E-state index contributed by atoms with van der Waals surface area (Å²) in [6, 6.07) is 17.8. The molecular formula is C17H21NO2. The fourth-order valence-electron chi connectivity index (χ4n) is 2.27. The van der Waals surface area contributed by atoms with Crippen LogP contribution in [0.4, 0.5) is 0 Å². The number of benzene rings is 2. The van der Waals surface area contributed by atoms with Gasteiger partial charge in [0.05, 0.1) is 7.11 Å². The van der Waals surface area contributed by atoms with Crippen LogP contribution >= 0.6 is 0 Å². The Labute approximate surface area is 120 Å². The molecule has 3 nitrogen and oxygen atoms in total. The second-order valence-electron chi connectivity index (χ2n) is 4.89. The summed E-state index contributed by atoms with van der Waals surface area (Å²) >= 11 is 0. The van der Waals surface area contributed by atoms with E-state index in [0.29, 0.717) is 6.54 Å². The first kappa shape index (κ1) is 14.4. The first-order valence-corrected chi connectivity index (χ1v) is 6.77. The predicted octanol–water partition coefficient (Wildman–Crippen LogP) is 3.34. The topological polar surface area (TPSA) is 44.5 Å². The van der Waals surface area contributed by atoms with Crippen molar-refractivity contribution in [3.8, 4) is 11.5 Å². The van der Waals surface area contributed by atoms with E-state index in [0.717, 1.165) is 23.5 Å². The highest BCUT2D eigenvalue weighted by molar-refractivity contribution is 5.40. The third-order valence-corrected chi connectivity index (χ3v) is 3.41. The normalized spacial score (nSPS) is 13.6. The molecule has 0 aromatic heterocycles. The van der Waals surface area contributed by atoms with Gasteiger partial charge in [0.2, 0.25) is 0 Å². The largest absolute Gasteiger partial charge is 0.493 e. The zero-order chi connectivity index (χ0) is 14.4. The molecule has 106 valence electrons. The molecule has 2 aromatic rings. The summed E-state index contributed by atoms with van der Waals surface area (Å²) in [6.45, 7) is 2.61. The van der Waals surface area contributed by atoms with Crippen LogP contribution in [0.2, 0.25) is 0 Å². The maximum atomic E-state index is 6.25. The van der Waals surface area contributed by atoms with Crippen molar-refractivity contribution < 1.29 is 9.47 Å². The first-order valence-electron chi connectivity index (χ1n) is 6.77. The average molecular weight is 271 g/mol. The number of hydrogen-bond acceptors (Lipinski definition) is 3. The van der Waals surface area contributed by atoms with Crippen LogP contribution in [0.5, 0.6) is 11.5 Å². The zero-order valence-electron chi connectivity index (χ0n) is 12.0. The van der Waals surface area contributed by atoms with Crippen LogP contribution in [0, 0.1) is 0 Å². The summed E-state index contributed by atoms with van der Waals surface area (Å²) in [5.74, 6) is 1.46. The van der Waals surface area contributed by atoms with Crippen molar-refractivity contribution in [1.82, 2.24) is 0 Å². The van der Waals surface area contributed by atoms with Crippen LogP contribution in [0.3, 0.4) is 0 Å². The molecule has 0 heterocycles. The second kappa shape index (κ2) is 6.44. The van der Waals surface area contributed by atoms with E-state index in [1.54, 1.807) is 7.11 Å². The lowest BCUT2D eigenvalue weighted by atomic mass is 9.92. The SMILES string of the molecule is COc1ccccc1OC(C)(CCN)c1ccccc1. The van der Waals surface area contributed by atoms with Gasteiger partial charge in [-0.2, -0.15) is 0 Å². The van der Waals surface area contributed by atoms with Gasteiger partial charge in [-0.3, -0.25) is 0 Å². The molecule has 0 bridgehead atoms. The van der Waals surface area contributed by atoms with E-state index in [2.05, 4.69) is 19.1 Å². The molecule has 0 fully saturated rings. The Balaban J connectivity index is 2.34. The van der Waals surface area contributed by atoms with Crippen LogP contribution in [0.15, 0.2) is 54.6 Å². The smallest absolute Gasteiger partial charge is 0.162 e. The average Bonchev–Trinajstić information content (AvgIpc) is 2.49. The number of para-hydroxylation sites is 2. The Morgan fingerprint density at radius 3 is 2.15 bits per heavy atom. The fraction of sp³-hybridized carbons (Fsp3) is 0.294. The Hall–Kier alpha value is -2.00. The molecule has 2 aromatic carbocycles. The van der Waals surface area contributed by atoms with Crippen molar-refractivity contribution >= 4 is 0 Å². The monoisotopic (exact) mass is 271 g/mol. The van der Waals surface area contributed by atoms with Gasteiger partial charge in [-0.05, 0) is 31.2 Å². The summed E-state index contributed by atoms with van der Waals surface area (Å²) in [6.07, 6.45) is 0.731. The van der Waals surface area contributed by atoms with Crippen LogP contribution in [-0.2, 0) is 5.60 Å². The molecule has 0 amide bonds. The van der Waals surface area contributed by atoms with E-state index in [9.17, 15) is 0 Å². The Bertz CT molecular complexity index is 542. The zero-order valence-corrected chi connectivity index (χ0v) is 12.0. The molecule has 1 unspecified atom stereocenters. The van der Waals surface area contributed by atoms with Crippen LogP contribution in [-0.4, -0.2) is 13.7 Å². The van der Waals surface area contributed by atoms with Crippen molar-refractivity contribution in [3.05, 3.63) is 60.2 Å². The van der Waals surface area contributed by atoms with Gasteiger partial charge in [0, 0.05) is 6.42 Å². The third kappa shape index (κ3) is 3.11. The molecule has 0 aliphatic heterocycles. The van der Waals surface area contributed by atoms with Gasteiger partial charge in [-0.1, -0.05) is 42.5 Å². The molecule has 0 aliphatic carbocycles. The number of rotatable bonds is 6. The van der Waals surface area contributed by atoms with E-state index in [1.807, 2.05) is 42.5 Å². The first-order chi connectivity index (χ1) is 9.69. The molecule has 0 saturated carbocycles. The summed E-state index contributed by atoms with van der Waals surface area (Å²) in [7, 11) is 1.64. The minimum atomic E-state index is -0.468. The summed E-state index contributed by atoms with van der Waals surface area (Å²) in [5, 5.41) is 0. The highest BCUT2D eigenvalue weighted by Gasteiger charge is 2.29. The van der Waals surface area contributed by atoms with Gasteiger partial charge in [0.15, 0.2) is 11.5 Å². The van der Waals surface area contributed by atoms with Gasteiger partial charge in [0.1, 0.15) is 5.60 Å². The number of ether oxygens (including phenoxy) is 2.